The zero-order chi connectivity index (χ0) is 17.7. The van der Waals surface area contributed by atoms with Gasteiger partial charge >= 0.3 is 0 Å². The highest BCUT2D eigenvalue weighted by Crippen LogP contribution is 2.24. The summed E-state index contributed by atoms with van der Waals surface area (Å²) in [6, 6.07) is 3.69. The van der Waals surface area contributed by atoms with E-state index in [0.29, 0.717) is 11.3 Å². The quantitative estimate of drug-likeness (QED) is 0.562. The first-order valence-corrected chi connectivity index (χ1v) is 7.21. The van der Waals surface area contributed by atoms with Gasteiger partial charge in [-0.15, -0.1) is 12.4 Å². The molecule has 0 aliphatic rings. The first-order valence-electron chi connectivity index (χ1n) is 7.21. The molecule has 0 spiro atoms. The van der Waals surface area contributed by atoms with Gasteiger partial charge in [-0.1, -0.05) is 0 Å². The highest BCUT2D eigenvalue weighted by Gasteiger charge is 2.20. The summed E-state index contributed by atoms with van der Waals surface area (Å²) in [7, 11) is 4.91. The van der Waals surface area contributed by atoms with Crippen LogP contribution in [0.1, 0.15) is 17.2 Å². The Morgan fingerprint density at radius 2 is 2.20 bits per heavy atom. The third kappa shape index (κ3) is 4.91. The van der Waals surface area contributed by atoms with Crippen molar-refractivity contribution in [2.45, 2.75) is 12.6 Å². The fraction of sp³-hybridized carbons (Fsp3) is 0.333. The number of amides is 1. The zero-order valence-corrected chi connectivity index (χ0v) is 14.9. The molecule has 25 heavy (non-hydrogen) atoms. The van der Waals surface area contributed by atoms with E-state index in [1.54, 1.807) is 31.2 Å². The van der Waals surface area contributed by atoms with E-state index in [1.165, 1.54) is 25.3 Å². The monoisotopic (exact) mass is 369 g/mol. The number of hydrogen-bond donors (Lipinski definition) is 2. The van der Waals surface area contributed by atoms with Crippen LogP contribution in [-0.2, 0) is 18.4 Å². The van der Waals surface area contributed by atoms with Crippen LogP contribution in [0.3, 0.4) is 0 Å². The minimum absolute atomic E-state index is 0. The van der Waals surface area contributed by atoms with Crippen LogP contribution in [-0.4, -0.2) is 34.8 Å². The number of nitro groups is 1. The number of halogens is 1. The van der Waals surface area contributed by atoms with Crippen LogP contribution < -0.4 is 15.4 Å². The number of nitro benzene ring substituents is 1. The van der Waals surface area contributed by atoms with E-state index in [2.05, 4.69) is 15.7 Å². The fourth-order valence-corrected chi connectivity index (χ4v) is 2.34. The predicted molar refractivity (Wildman–Crippen MR) is 93.8 cm³/mol. The number of benzene rings is 1. The van der Waals surface area contributed by atoms with Gasteiger partial charge in [0.2, 0.25) is 5.91 Å². The van der Waals surface area contributed by atoms with E-state index in [1.807, 2.05) is 0 Å². The van der Waals surface area contributed by atoms with Crippen molar-refractivity contribution in [2.24, 2.45) is 7.05 Å². The molecule has 1 aromatic carbocycles. The van der Waals surface area contributed by atoms with Crippen LogP contribution in [0.25, 0.3) is 0 Å². The van der Waals surface area contributed by atoms with Gasteiger partial charge in [-0.2, -0.15) is 5.10 Å². The van der Waals surface area contributed by atoms with Gasteiger partial charge in [0.1, 0.15) is 11.8 Å². The number of rotatable bonds is 7. The first-order chi connectivity index (χ1) is 11.5. The molecule has 1 aromatic heterocycles. The molecule has 0 aliphatic heterocycles. The number of ether oxygens (including phenoxy) is 1. The number of nitrogens with one attached hydrogen (secondary N) is 2. The number of carbonyl (C=O) groups is 1. The molecule has 1 unspecified atom stereocenters. The third-order valence-electron chi connectivity index (χ3n) is 3.54. The highest BCUT2D eigenvalue weighted by molar-refractivity contribution is 5.85. The number of aryl methyl sites for hydroxylation is 1. The van der Waals surface area contributed by atoms with Crippen molar-refractivity contribution in [3.8, 4) is 5.75 Å². The number of carbonyl (C=O) groups excluding carboxylic acids is 1. The largest absolute Gasteiger partial charge is 0.496 e. The number of methoxy groups -OCH3 is 1. The average molecular weight is 370 g/mol. The van der Waals surface area contributed by atoms with Crippen molar-refractivity contribution in [3.05, 3.63) is 51.8 Å². The lowest BCUT2D eigenvalue weighted by atomic mass is 10.1. The van der Waals surface area contributed by atoms with Gasteiger partial charge in [-0.05, 0) is 13.1 Å². The lowest BCUT2D eigenvalue weighted by Gasteiger charge is -2.15. The summed E-state index contributed by atoms with van der Waals surface area (Å²) in [4.78, 5) is 22.8. The van der Waals surface area contributed by atoms with Crippen molar-refractivity contribution in [1.29, 1.82) is 0 Å². The van der Waals surface area contributed by atoms with Gasteiger partial charge in [0.05, 0.1) is 18.2 Å². The van der Waals surface area contributed by atoms with E-state index in [9.17, 15) is 14.9 Å². The molecular weight excluding hydrogens is 350 g/mol. The Hall–Kier alpha value is -2.65. The van der Waals surface area contributed by atoms with E-state index in [0.717, 1.165) is 5.56 Å². The van der Waals surface area contributed by atoms with Crippen LogP contribution in [0.5, 0.6) is 5.75 Å². The Morgan fingerprint density at radius 1 is 1.48 bits per heavy atom. The number of nitrogens with zero attached hydrogens (tertiary/aromatic N) is 3. The van der Waals surface area contributed by atoms with Crippen molar-refractivity contribution in [2.75, 3.05) is 14.2 Å². The maximum atomic E-state index is 12.4. The van der Waals surface area contributed by atoms with Gasteiger partial charge in [-0.3, -0.25) is 19.6 Å². The van der Waals surface area contributed by atoms with Crippen LogP contribution in [0, 0.1) is 10.1 Å². The number of non-ortho nitro benzene ring substituents is 1. The molecule has 1 heterocycles. The summed E-state index contributed by atoms with van der Waals surface area (Å²) in [5.74, 6) is 0.211. The Kier molecular flexibility index (Phi) is 7.34. The summed E-state index contributed by atoms with van der Waals surface area (Å²) in [6.45, 7) is 0.113. The Morgan fingerprint density at radius 3 is 2.72 bits per heavy atom. The van der Waals surface area contributed by atoms with E-state index < -0.39 is 11.0 Å². The van der Waals surface area contributed by atoms with Crippen molar-refractivity contribution in [1.82, 2.24) is 20.4 Å². The maximum Gasteiger partial charge on any atom is 0.270 e. The molecular formula is C15H20ClN5O4. The summed E-state index contributed by atoms with van der Waals surface area (Å²) >= 11 is 0. The second kappa shape index (κ2) is 9.00. The lowest BCUT2D eigenvalue weighted by molar-refractivity contribution is -0.384. The molecule has 9 nitrogen and oxygen atoms in total. The summed E-state index contributed by atoms with van der Waals surface area (Å²) < 4.78 is 6.79. The second-order valence-corrected chi connectivity index (χ2v) is 5.14. The van der Waals surface area contributed by atoms with E-state index in [4.69, 9.17) is 4.74 Å². The predicted octanol–water partition coefficient (Wildman–Crippen LogP) is 1.34. The average Bonchev–Trinajstić information content (AvgIpc) is 2.99. The SMILES string of the molecule is CNC(C(=O)NCc1cc([N+](=O)[O-])ccc1OC)c1cnn(C)c1.Cl. The van der Waals surface area contributed by atoms with Crippen LogP contribution in [0.2, 0.25) is 0 Å². The molecule has 0 bridgehead atoms. The smallest absolute Gasteiger partial charge is 0.270 e. The minimum atomic E-state index is -0.566. The molecule has 0 radical (unpaired) electrons. The van der Waals surface area contributed by atoms with Gasteiger partial charge in [0.25, 0.3) is 5.69 Å². The Bertz CT molecular complexity index is 749. The molecule has 1 amide bonds. The fourth-order valence-electron chi connectivity index (χ4n) is 2.34. The van der Waals surface area contributed by atoms with Gasteiger partial charge in [-0.25, -0.2) is 0 Å². The molecule has 2 aromatic rings. The van der Waals surface area contributed by atoms with Gasteiger partial charge < -0.3 is 15.4 Å². The number of aromatic nitrogens is 2. The molecule has 0 saturated carbocycles. The molecule has 0 fully saturated rings. The Labute approximate surface area is 150 Å². The van der Waals surface area contributed by atoms with Gasteiger partial charge in [0.15, 0.2) is 0 Å². The van der Waals surface area contributed by atoms with Crippen LogP contribution >= 0.6 is 12.4 Å². The molecule has 10 heteroatoms. The van der Waals surface area contributed by atoms with E-state index in [-0.39, 0.29) is 30.5 Å². The molecule has 2 N–H and O–H groups in total. The Balaban J connectivity index is 0.00000312. The summed E-state index contributed by atoms with van der Waals surface area (Å²) in [6.07, 6.45) is 3.35. The molecule has 0 saturated heterocycles. The zero-order valence-electron chi connectivity index (χ0n) is 14.1. The van der Waals surface area contributed by atoms with E-state index >= 15 is 0 Å². The number of likely N-dealkylation sites (N-methyl/N-ethyl adjacent to an activating group) is 1. The van der Waals surface area contributed by atoms with Crippen LogP contribution in [0.15, 0.2) is 30.6 Å². The van der Waals surface area contributed by atoms with Crippen LogP contribution in [0.4, 0.5) is 5.69 Å². The molecule has 2 rings (SSSR count). The van der Waals surface area contributed by atoms with Gasteiger partial charge in [0, 0.05) is 43.0 Å². The summed E-state index contributed by atoms with van der Waals surface area (Å²) in [5, 5.41) is 20.6. The minimum Gasteiger partial charge on any atom is -0.496 e. The normalized spacial score (nSPS) is 11.3. The van der Waals surface area contributed by atoms with Crippen molar-refractivity contribution in [3.63, 3.8) is 0 Å². The topological polar surface area (TPSA) is 111 Å². The third-order valence-corrected chi connectivity index (χ3v) is 3.54. The molecule has 1 atom stereocenters. The summed E-state index contributed by atoms with van der Waals surface area (Å²) in [5.41, 5.74) is 1.20. The highest BCUT2D eigenvalue weighted by atomic mass is 35.5. The number of hydrogen-bond acceptors (Lipinski definition) is 6. The second-order valence-electron chi connectivity index (χ2n) is 5.14. The lowest BCUT2D eigenvalue weighted by Crippen LogP contribution is -2.35. The standard InChI is InChI=1S/C15H19N5O4.ClH/c1-16-14(11-8-18-19(2)9-11)15(21)17-7-10-6-12(20(22)23)4-5-13(10)24-3;/h4-6,8-9,14,16H,7H2,1-3H3,(H,17,21);1H. The van der Waals surface area contributed by atoms with Crippen molar-refractivity contribution >= 4 is 24.0 Å². The van der Waals surface area contributed by atoms with Crippen molar-refractivity contribution < 1.29 is 14.5 Å². The molecule has 136 valence electrons. The maximum absolute atomic E-state index is 12.4. The molecule has 0 aliphatic carbocycles. The first kappa shape index (κ1) is 20.4.